The lowest BCUT2D eigenvalue weighted by molar-refractivity contribution is -0.121. The van der Waals surface area contributed by atoms with Crippen molar-refractivity contribution < 1.29 is 13.2 Å². The average Bonchev–Trinajstić information content (AvgIpc) is 3.52. The number of thiophene rings is 1. The predicted octanol–water partition coefficient (Wildman–Crippen LogP) is 4.21. The predicted molar refractivity (Wildman–Crippen MR) is 125 cm³/mol. The number of thiazole rings is 1. The van der Waals surface area contributed by atoms with Gasteiger partial charge in [-0.05, 0) is 56.0 Å². The number of carbonyl (C=O) groups excluding carboxylic acids is 1. The number of benzene rings is 1. The molecule has 0 spiro atoms. The average molecular weight is 476 g/mol. The highest BCUT2D eigenvalue weighted by Gasteiger charge is 2.26. The molecule has 164 valence electrons. The molecule has 6 nitrogen and oxygen atoms in total. The smallest absolute Gasteiger partial charge is 0.243 e. The molecule has 9 heteroatoms. The molecule has 1 fully saturated rings. The molecular weight excluding hydrogens is 450 g/mol. The molecule has 1 saturated heterocycles. The molecule has 0 saturated carbocycles. The van der Waals surface area contributed by atoms with Crippen molar-refractivity contribution in [3.63, 3.8) is 0 Å². The number of hydrogen-bond acceptors (Lipinski definition) is 6. The van der Waals surface area contributed by atoms with Gasteiger partial charge in [0.25, 0.3) is 0 Å². The number of rotatable bonds is 8. The van der Waals surface area contributed by atoms with Crippen molar-refractivity contribution in [2.75, 3.05) is 13.1 Å². The maximum Gasteiger partial charge on any atom is 0.243 e. The van der Waals surface area contributed by atoms with Gasteiger partial charge >= 0.3 is 0 Å². The van der Waals surface area contributed by atoms with E-state index in [-0.39, 0.29) is 5.91 Å². The van der Waals surface area contributed by atoms with Crippen molar-refractivity contribution in [2.24, 2.45) is 0 Å². The molecule has 0 atom stereocenters. The monoisotopic (exact) mass is 475 g/mol. The van der Waals surface area contributed by atoms with Crippen LogP contribution in [-0.2, 0) is 27.8 Å². The van der Waals surface area contributed by atoms with Crippen LogP contribution in [0.15, 0.2) is 46.7 Å². The van der Waals surface area contributed by atoms with Crippen molar-refractivity contribution >= 4 is 38.6 Å². The van der Waals surface area contributed by atoms with E-state index in [2.05, 4.69) is 10.3 Å². The molecule has 2 aromatic heterocycles. The number of aromatic nitrogens is 1. The van der Waals surface area contributed by atoms with Crippen LogP contribution >= 0.6 is 22.7 Å². The summed E-state index contributed by atoms with van der Waals surface area (Å²) in [4.78, 5) is 19.3. The first-order chi connectivity index (χ1) is 14.9. The molecule has 1 N–H and O–H groups in total. The van der Waals surface area contributed by atoms with Gasteiger partial charge in [0.05, 0.1) is 27.0 Å². The first-order valence-electron chi connectivity index (χ1n) is 10.3. The minimum absolute atomic E-state index is 0.0202. The molecule has 1 aromatic carbocycles. The number of nitrogens with one attached hydrogen (secondary N) is 1. The van der Waals surface area contributed by atoms with Crippen LogP contribution in [0.25, 0.3) is 10.6 Å². The molecule has 0 bridgehead atoms. The van der Waals surface area contributed by atoms with E-state index in [1.807, 2.05) is 24.4 Å². The van der Waals surface area contributed by atoms with Gasteiger partial charge in [-0.2, -0.15) is 4.31 Å². The van der Waals surface area contributed by atoms with Crippen molar-refractivity contribution in [3.8, 4) is 10.6 Å². The number of amides is 1. The number of hydrogen-bond donors (Lipinski definition) is 1. The van der Waals surface area contributed by atoms with E-state index in [9.17, 15) is 13.2 Å². The number of sulfonamides is 1. The SMILES string of the molecule is Cc1nc(-c2ccc(CNC(=O)CCc3ccc(S(=O)(=O)N4CCCC4)cc3)s2)cs1. The minimum atomic E-state index is -3.39. The summed E-state index contributed by atoms with van der Waals surface area (Å²) < 4.78 is 26.7. The van der Waals surface area contributed by atoms with Gasteiger partial charge in [0, 0.05) is 29.8 Å². The Kier molecular flexibility index (Phi) is 6.86. The summed E-state index contributed by atoms with van der Waals surface area (Å²) in [5, 5.41) is 6.05. The zero-order valence-corrected chi connectivity index (χ0v) is 19.8. The molecule has 0 aliphatic carbocycles. The van der Waals surface area contributed by atoms with Gasteiger partial charge in [0.2, 0.25) is 15.9 Å². The Morgan fingerprint density at radius 3 is 2.55 bits per heavy atom. The highest BCUT2D eigenvalue weighted by Crippen LogP contribution is 2.29. The largest absolute Gasteiger partial charge is 0.351 e. The van der Waals surface area contributed by atoms with Crippen molar-refractivity contribution in [3.05, 3.63) is 57.2 Å². The highest BCUT2D eigenvalue weighted by molar-refractivity contribution is 7.89. The Balaban J connectivity index is 1.26. The van der Waals surface area contributed by atoms with E-state index < -0.39 is 10.0 Å². The fourth-order valence-electron chi connectivity index (χ4n) is 3.52. The fourth-order valence-corrected chi connectivity index (χ4v) is 6.64. The van der Waals surface area contributed by atoms with Gasteiger partial charge in [0.15, 0.2) is 0 Å². The quantitative estimate of drug-likeness (QED) is 0.529. The van der Waals surface area contributed by atoms with Crippen LogP contribution < -0.4 is 5.32 Å². The lowest BCUT2D eigenvalue weighted by atomic mass is 10.1. The fraction of sp³-hybridized carbons (Fsp3) is 0.364. The molecule has 1 aliphatic rings. The van der Waals surface area contributed by atoms with Crippen LogP contribution in [0.3, 0.4) is 0 Å². The number of aryl methyl sites for hydroxylation is 2. The summed E-state index contributed by atoms with van der Waals surface area (Å²) in [7, 11) is -3.39. The first kappa shape index (κ1) is 22.1. The Labute approximate surface area is 191 Å². The van der Waals surface area contributed by atoms with Gasteiger partial charge in [-0.3, -0.25) is 4.79 Å². The topological polar surface area (TPSA) is 79.4 Å². The Morgan fingerprint density at radius 1 is 1.13 bits per heavy atom. The van der Waals surface area contributed by atoms with Crippen LogP contribution in [0.2, 0.25) is 0 Å². The van der Waals surface area contributed by atoms with E-state index in [0.717, 1.165) is 38.9 Å². The maximum absolute atomic E-state index is 12.6. The van der Waals surface area contributed by atoms with Gasteiger partial charge < -0.3 is 5.32 Å². The van der Waals surface area contributed by atoms with Gasteiger partial charge in [0.1, 0.15) is 0 Å². The zero-order valence-electron chi connectivity index (χ0n) is 17.3. The third-order valence-electron chi connectivity index (χ3n) is 5.26. The first-order valence-corrected chi connectivity index (χ1v) is 13.4. The third kappa shape index (κ3) is 5.41. The Bertz CT molecular complexity index is 1140. The van der Waals surface area contributed by atoms with E-state index in [4.69, 9.17) is 0 Å². The molecule has 1 aliphatic heterocycles. The van der Waals surface area contributed by atoms with E-state index in [0.29, 0.717) is 37.4 Å². The Hall–Kier alpha value is -2.07. The van der Waals surface area contributed by atoms with Crippen molar-refractivity contribution in [2.45, 2.75) is 44.0 Å². The summed E-state index contributed by atoms with van der Waals surface area (Å²) >= 11 is 3.27. The molecule has 3 heterocycles. The second-order valence-electron chi connectivity index (χ2n) is 7.55. The summed E-state index contributed by atoms with van der Waals surface area (Å²) in [5.41, 5.74) is 1.94. The summed E-state index contributed by atoms with van der Waals surface area (Å²) in [6, 6.07) is 11.0. The van der Waals surface area contributed by atoms with Crippen LogP contribution in [0.1, 0.15) is 34.7 Å². The molecule has 1 amide bonds. The van der Waals surface area contributed by atoms with E-state index in [1.165, 1.54) is 0 Å². The van der Waals surface area contributed by atoms with Crippen molar-refractivity contribution in [1.82, 2.24) is 14.6 Å². The van der Waals surface area contributed by atoms with Gasteiger partial charge in [-0.1, -0.05) is 12.1 Å². The van der Waals surface area contributed by atoms with Crippen LogP contribution in [-0.4, -0.2) is 36.7 Å². The summed E-state index contributed by atoms with van der Waals surface area (Å²) in [5.74, 6) is -0.0202. The maximum atomic E-state index is 12.6. The lowest BCUT2D eigenvalue weighted by Gasteiger charge is -2.15. The standard InChI is InChI=1S/C22H25N3O3S3/c1-16-24-20(15-29-16)21-10-7-18(30-21)14-23-22(26)11-6-17-4-8-19(9-5-17)31(27,28)25-12-2-3-13-25/h4-5,7-10,15H,2-3,6,11-14H2,1H3,(H,23,26). The summed E-state index contributed by atoms with van der Waals surface area (Å²) in [6.45, 7) is 3.68. The zero-order chi connectivity index (χ0) is 21.8. The second-order valence-corrected chi connectivity index (χ2v) is 11.7. The second kappa shape index (κ2) is 9.60. The number of carbonyl (C=O) groups is 1. The van der Waals surface area contributed by atoms with Crippen LogP contribution in [0.5, 0.6) is 0 Å². The molecule has 31 heavy (non-hydrogen) atoms. The van der Waals surface area contributed by atoms with Gasteiger partial charge in [-0.15, -0.1) is 22.7 Å². The van der Waals surface area contributed by atoms with Crippen LogP contribution in [0.4, 0.5) is 0 Å². The Morgan fingerprint density at radius 2 is 1.87 bits per heavy atom. The molecule has 0 unspecified atom stereocenters. The molecule has 3 aromatic rings. The molecule has 4 rings (SSSR count). The normalized spacial score (nSPS) is 14.7. The van der Waals surface area contributed by atoms with Gasteiger partial charge in [-0.25, -0.2) is 13.4 Å². The highest BCUT2D eigenvalue weighted by atomic mass is 32.2. The third-order valence-corrected chi connectivity index (χ3v) is 9.05. The van der Waals surface area contributed by atoms with E-state index in [1.54, 1.807) is 51.2 Å². The van der Waals surface area contributed by atoms with Crippen LogP contribution in [0, 0.1) is 6.92 Å². The molecule has 0 radical (unpaired) electrons. The molecular formula is C22H25N3O3S3. The summed E-state index contributed by atoms with van der Waals surface area (Å²) in [6.07, 6.45) is 2.78. The lowest BCUT2D eigenvalue weighted by Crippen LogP contribution is -2.27. The van der Waals surface area contributed by atoms with E-state index >= 15 is 0 Å². The number of nitrogens with zero attached hydrogens (tertiary/aromatic N) is 2. The minimum Gasteiger partial charge on any atom is -0.351 e. The van der Waals surface area contributed by atoms with Crippen molar-refractivity contribution in [1.29, 1.82) is 0 Å².